The molecule has 0 spiro atoms. The molecule has 0 saturated carbocycles. The summed E-state index contributed by atoms with van der Waals surface area (Å²) in [6.07, 6.45) is 17.7. The first kappa shape index (κ1) is 30.2. The summed E-state index contributed by atoms with van der Waals surface area (Å²) in [6, 6.07) is 13.2. The molecule has 1 heterocycles. The lowest BCUT2D eigenvalue weighted by atomic mass is 10.1. The molecule has 0 saturated heterocycles. The van der Waals surface area contributed by atoms with Crippen LogP contribution in [0.3, 0.4) is 0 Å². The summed E-state index contributed by atoms with van der Waals surface area (Å²) in [7, 11) is 0. The van der Waals surface area contributed by atoms with E-state index in [1.165, 1.54) is 69.1 Å². The molecule has 4 nitrogen and oxygen atoms in total. The van der Waals surface area contributed by atoms with E-state index in [4.69, 9.17) is 16.3 Å². The first-order valence-corrected chi connectivity index (χ1v) is 15.6. The normalized spacial score (nSPS) is 11.0. The summed E-state index contributed by atoms with van der Waals surface area (Å²) >= 11 is 8.17. The van der Waals surface area contributed by atoms with Crippen LogP contribution in [-0.2, 0) is 6.54 Å². The van der Waals surface area contributed by atoms with E-state index in [0.717, 1.165) is 18.4 Å². The fourth-order valence-electron chi connectivity index (χ4n) is 4.67. The van der Waals surface area contributed by atoms with Gasteiger partial charge in [0.1, 0.15) is 0 Å². The number of carbonyl (C=O) groups is 1. The second-order valence-electron chi connectivity index (χ2n) is 10.1. The highest BCUT2D eigenvalue weighted by molar-refractivity contribution is 7.09. The Bertz CT molecular complexity index is 1110. The minimum Gasteiger partial charge on any atom is -0.490 e. The number of para-hydroxylation sites is 1. The average Bonchev–Trinajstić information content (AvgIpc) is 3.32. The van der Waals surface area contributed by atoms with Gasteiger partial charge in [-0.3, -0.25) is 4.79 Å². The van der Waals surface area contributed by atoms with Crippen molar-refractivity contribution < 1.29 is 14.1 Å². The SMILES string of the molecule is CCCCCCCCCCCCCCOc1c(Cl)cccc1NC(=O)c1ccccc1C[n+]1csc(C)c1. The maximum absolute atomic E-state index is 13.3. The number of aryl methyl sites for hydroxylation is 1. The Balaban J connectivity index is 1.43. The van der Waals surface area contributed by atoms with Crippen LogP contribution in [0.1, 0.15) is 105 Å². The molecule has 0 aliphatic carbocycles. The molecule has 0 fully saturated rings. The molecular weight excluding hydrogens is 512 g/mol. The van der Waals surface area contributed by atoms with Crippen molar-refractivity contribution in [1.82, 2.24) is 0 Å². The molecule has 1 N–H and O–H groups in total. The first-order valence-electron chi connectivity index (χ1n) is 14.3. The molecule has 0 atom stereocenters. The van der Waals surface area contributed by atoms with Gasteiger partial charge in [-0.05, 0) is 31.5 Å². The maximum atomic E-state index is 13.3. The number of hydrogen-bond acceptors (Lipinski definition) is 3. The highest BCUT2D eigenvalue weighted by Crippen LogP contribution is 2.33. The van der Waals surface area contributed by atoms with Crippen molar-refractivity contribution >= 4 is 34.5 Å². The zero-order valence-corrected chi connectivity index (χ0v) is 24.7. The van der Waals surface area contributed by atoms with Gasteiger partial charge in [0.2, 0.25) is 5.51 Å². The van der Waals surface area contributed by atoms with Gasteiger partial charge in [0.05, 0.1) is 22.2 Å². The van der Waals surface area contributed by atoms with Gasteiger partial charge in [-0.25, -0.2) is 0 Å². The van der Waals surface area contributed by atoms with Gasteiger partial charge in [0.25, 0.3) is 5.91 Å². The van der Waals surface area contributed by atoms with Crippen LogP contribution in [-0.4, -0.2) is 12.5 Å². The van der Waals surface area contributed by atoms with E-state index >= 15 is 0 Å². The third kappa shape index (κ3) is 10.4. The Kier molecular flexibility index (Phi) is 13.7. The van der Waals surface area contributed by atoms with Gasteiger partial charge in [-0.15, -0.1) is 0 Å². The highest BCUT2D eigenvalue weighted by atomic mass is 35.5. The zero-order chi connectivity index (χ0) is 27.0. The lowest BCUT2D eigenvalue weighted by molar-refractivity contribution is -0.683. The maximum Gasteiger partial charge on any atom is 0.256 e. The second-order valence-corrected chi connectivity index (χ2v) is 11.6. The molecule has 0 unspecified atom stereocenters. The Labute approximate surface area is 238 Å². The van der Waals surface area contributed by atoms with Gasteiger partial charge in [0, 0.05) is 11.1 Å². The number of nitrogens with zero attached hydrogens (tertiary/aromatic N) is 1. The van der Waals surface area contributed by atoms with Crippen LogP contribution < -0.4 is 14.6 Å². The standard InChI is InChI=1S/C32H43ClN2O2S/c1-3-4-5-6-7-8-9-10-11-12-13-16-22-37-31-29(33)20-17-21-30(31)34-32(36)28-19-15-14-18-27(28)24-35-23-26(2)38-25-35/h14-15,17-21,23,25H,3-13,16,22,24H2,1-2H3/p+1. The number of nitrogens with one attached hydrogen (secondary N) is 1. The van der Waals surface area contributed by atoms with Gasteiger partial charge in [-0.2, -0.15) is 4.57 Å². The van der Waals surface area contributed by atoms with E-state index in [0.29, 0.717) is 35.2 Å². The number of carbonyl (C=O) groups excluding carboxylic acids is 1. The molecule has 0 radical (unpaired) electrons. The van der Waals surface area contributed by atoms with E-state index < -0.39 is 0 Å². The lowest BCUT2D eigenvalue weighted by Crippen LogP contribution is -2.32. The number of rotatable bonds is 18. The summed E-state index contributed by atoms with van der Waals surface area (Å²) in [5.74, 6) is 0.386. The fourth-order valence-corrected chi connectivity index (χ4v) is 5.53. The van der Waals surface area contributed by atoms with Crippen LogP contribution >= 0.6 is 22.9 Å². The molecule has 1 amide bonds. The smallest absolute Gasteiger partial charge is 0.256 e. The van der Waals surface area contributed by atoms with Crippen molar-refractivity contribution in [2.75, 3.05) is 11.9 Å². The number of anilines is 1. The Morgan fingerprint density at radius 2 is 1.55 bits per heavy atom. The van der Waals surface area contributed by atoms with Crippen LogP contribution in [0, 0.1) is 6.92 Å². The van der Waals surface area contributed by atoms with Crippen molar-refractivity contribution in [1.29, 1.82) is 0 Å². The van der Waals surface area contributed by atoms with Crippen molar-refractivity contribution in [3.8, 4) is 5.75 Å². The highest BCUT2D eigenvalue weighted by Gasteiger charge is 2.18. The Morgan fingerprint density at radius 1 is 0.895 bits per heavy atom. The van der Waals surface area contributed by atoms with Crippen molar-refractivity contribution in [3.05, 3.63) is 75.2 Å². The quantitative estimate of drug-likeness (QED) is 0.125. The van der Waals surface area contributed by atoms with Gasteiger partial charge in [-0.1, -0.05) is 125 Å². The van der Waals surface area contributed by atoms with Crippen molar-refractivity contribution in [3.63, 3.8) is 0 Å². The number of aromatic nitrogens is 1. The molecule has 6 heteroatoms. The molecule has 2 aromatic carbocycles. The van der Waals surface area contributed by atoms with Crippen LogP contribution in [0.2, 0.25) is 5.02 Å². The fraction of sp³-hybridized carbons (Fsp3) is 0.500. The zero-order valence-electron chi connectivity index (χ0n) is 23.1. The molecule has 0 aliphatic rings. The van der Waals surface area contributed by atoms with Crippen LogP contribution in [0.5, 0.6) is 5.75 Å². The Hall–Kier alpha value is -2.37. The van der Waals surface area contributed by atoms with Gasteiger partial charge < -0.3 is 10.1 Å². The predicted molar refractivity (Wildman–Crippen MR) is 161 cm³/mol. The van der Waals surface area contributed by atoms with Gasteiger partial charge in [0.15, 0.2) is 18.5 Å². The molecule has 38 heavy (non-hydrogen) atoms. The second kappa shape index (κ2) is 17.3. The molecule has 0 aliphatic heterocycles. The van der Waals surface area contributed by atoms with Crippen molar-refractivity contribution in [2.24, 2.45) is 0 Å². The predicted octanol–water partition coefficient (Wildman–Crippen LogP) is 9.38. The summed E-state index contributed by atoms with van der Waals surface area (Å²) < 4.78 is 8.18. The average molecular weight is 556 g/mol. The number of halogens is 1. The number of thiazole rings is 1. The molecule has 0 bridgehead atoms. The molecule has 3 aromatic rings. The van der Waals surface area contributed by atoms with E-state index in [1.807, 2.05) is 36.4 Å². The first-order chi connectivity index (χ1) is 18.6. The largest absolute Gasteiger partial charge is 0.490 e. The third-order valence-electron chi connectivity index (χ3n) is 6.80. The monoisotopic (exact) mass is 555 g/mol. The van der Waals surface area contributed by atoms with Crippen LogP contribution in [0.25, 0.3) is 0 Å². The molecule has 206 valence electrons. The summed E-state index contributed by atoms with van der Waals surface area (Å²) in [5, 5.41) is 3.55. The molecule has 1 aromatic heterocycles. The van der Waals surface area contributed by atoms with E-state index in [2.05, 4.69) is 35.4 Å². The van der Waals surface area contributed by atoms with E-state index in [1.54, 1.807) is 17.4 Å². The number of amides is 1. The lowest BCUT2D eigenvalue weighted by Gasteiger charge is -2.15. The topological polar surface area (TPSA) is 42.2 Å². The van der Waals surface area contributed by atoms with Crippen LogP contribution in [0.4, 0.5) is 5.69 Å². The van der Waals surface area contributed by atoms with E-state index in [-0.39, 0.29) is 5.91 Å². The minimum absolute atomic E-state index is 0.161. The number of benzene rings is 2. The Morgan fingerprint density at radius 3 is 2.21 bits per heavy atom. The number of hydrogen-bond donors (Lipinski definition) is 1. The molecule has 3 rings (SSSR count). The summed E-state index contributed by atoms with van der Waals surface area (Å²) in [5.41, 5.74) is 4.29. The number of ether oxygens (including phenoxy) is 1. The number of unbranched alkanes of at least 4 members (excludes halogenated alkanes) is 11. The summed E-state index contributed by atoms with van der Waals surface area (Å²) in [4.78, 5) is 14.5. The van der Waals surface area contributed by atoms with Gasteiger partial charge >= 0.3 is 0 Å². The molecular formula is C32H44ClN2O2S+. The van der Waals surface area contributed by atoms with Crippen LogP contribution in [0.15, 0.2) is 54.2 Å². The van der Waals surface area contributed by atoms with Crippen molar-refractivity contribution in [2.45, 2.75) is 97.4 Å². The van der Waals surface area contributed by atoms with E-state index in [9.17, 15) is 4.79 Å². The third-order valence-corrected chi connectivity index (χ3v) is 7.95. The summed E-state index contributed by atoms with van der Waals surface area (Å²) in [6.45, 7) is 5.59. The minimum atomic E-state index is -0.161.